The van der Waals surface area contributed by atoms with Crippen molar-refractivity contribution in [3.05, 3.63) is 53.1 Å². The molecule has 2 aromatic rings. The predicted molar refractivity (Wildman–Crippen MR) is 99.1 cm³/mol. The second-order valence-electron chi connectivity index (χ2n) is 6.58. The standard InChI is InChI=1S/C19H23N5O3/c1-13-20-21-14(2)24(13)16-9-11-23(12-10-16)19(26)17-6-4-3-5-15(17)7-8-18(25)22-27/h3-8,16,27H,9-12H2,1-2H3,(H,22,25)/b8-7+. The Hall–Kier alpha value is -3.00. The van der Waals surface area contributed by atoms with Crippen molar-refractivity contribution < 1.29 is 14.8 Å². The van der Waals surface area contributed by atoms with E-state index >= 15 is 0 Å². The number of nitrogens with zero attached hydrogens (tertiary/aromatic N) is 4. The van der Waals surface area contributed by atoms with E-state index in [0.717, 1.165) is 24.5 Å². The summed E-state index contributed by atoms with van der Waals surface area (Å²) in [7, 11) is 0. The summed E-state index contributed by atoms with van der Waals surface area (Å²) >= 11 is 0. The Balaban J connectivity index is 1.71. The van der Waals surface area contributed by atoms with Crippen LogP contribution < -0.4 is 5.48 Å². The second kappa shape index (κ2) is 8.13. The van der Waals surface area contributed by atoms with Gasteiger partial charge >= 0.3 is 0 Å². The van der Waals surface area contributed by atoms with E-state index in [9.17, 15) is 9.59 Å². The van der Waals surface area contributed by atoms with Crippen LogP contribution in [-0.4, -0.2) is 49.8 Å². The molecule has 1 aromatic heterocycles. The normalized spacial score (nSPS) is 15.3. The van der Waals surface area contributed by atoms with E-state index < -0.39 is 5.91 Å². The molecule has 0 aliphatic carbocycles. The lowest BCUT2D eigenvalue weighted by Gasteiger charge is -2.33. The molecule has 8 heteroatoms. The Morgan fingerprint density at radius 1 is 1.15 bits per heavy atom. The summed E-state index contributed by atoms with van der Waals surface area (Å²) in [6.07, 6.45) is 4.40. The number of piperidine rings is 1. The lowest BCUT2D eigenvalue weighted by Crippen LogP contribution is -2.39. The monoisotopic (exact) mass is 369 g/mol. The van der Waals surface area contributed by atoms with Crippen LogP contribution in [0.5, 0.6) is 0 Å². The first-order chi connectivity index (χ1) is 13.0. The number of amides is 2. The first kappa shape index (κ1) is 18.8. The van der Waals surface area contributed by atoms with Crippen LogP contribution >= 0.6 is 0 Å². The summed E-state index contributed by atoms with van der Waals surface area (Å²) in [4.78, 5) is 26.0. The van der Waals surface area contributed by atoms with Gasteiger partial charge in [0.2, 0.25) is 0 Å². The molecular weight excluding hydrogens is 346 g/mol. The fraction of sp³-hybridized carbons (Fsp3) is 0.368. The minimum atomic E-state index is -0.641. The summed E-state index contributed by atoms with van der Waals surface area (Å²) in [6.45, 7) is 5.19. The predicted octanol–water partition coefficient (Wildman–Crippen LogP) is 1.89. The first-order valence-electron chi connectivity index (χ1n) is 8.90. The van der Waals surface area contributed by atoms with Crippen LogP contribution in [0.15, 0.2) is 30.3 Å². The molecule has 1 aromatic carbocycles. The second-order valence-corrected chi connectivity index (χ2v) is 6.58. The van der Waals surface area contributed by atoms with Gasteiger partial charge in [-0.05, 0) is 44.4 Å². The third-order valence-electron chi connectivity index (χ3n) is 4.87. The maximum Gasteiger partial charge on any atom is 0.267 e. The zero-order chi connectivity index (χ0) is 19.4. The van der Waals surface area contributed by atoms with Gasteiger partial charge in [-0.25, -0.2) is 5.48 Å². The first-order valence-corrected chi connectivity index (χ1v) is 8.90. The van der Waals surface area contributed by atoms with Crippen molar-refractivity contribution in [1.82, 2.24) is 25.1 Å². The molecule has 1 aliphatic rings. The van der Waals surface area contributed by atoms with Gasteiger partial charge < -0.3 is 9.47 Å². The number of nitrogens with one attached hydrogen (secondary N) is 1. The smallest absolute Gasteiger partial charge is 0.267 e. The van der Waals surface area contributed by atoms with Crippen molar-refractivity contribution in [3.8, 4) is 0 Å². The van der Waals surface area contributed by atoms with Crippen LogP contribution in [0.1, 0.15) is 46.5 Å². The van der Waals surface area contributed by atoms with Gasteiger partial charge in [0, 0.05) is 30.8 Å². The molecule has 8 nitrogen and oxygen atoms in total. The number of hydroxylamine groups is 1. The highest BCUT2D eigenvalue weighted by molar-refractivity contribution is 5.99. The van der Waals surface area contributed by atoms with E-state index in [1.54, 1.807) is 29.7 Å². The van der Waals surface area contributed by atoms with E-state index in [2.05, 4.69) is 14.8 Å². The molecule has 0 saturated carbocycles. The number of aromatic nitrogens is 3. The topological polar surface area (TPSA) is 100 Å². The molecule has 1 aliphatic heterocycles. The fourth-order valence-corrected chi connectivity index (χ4v) is 3.54. The molecular formula is C19H23N5O3. The van der Waals surface area contributed by atoms with Crippen LogP contribution in [0, 0.1) is 13.8 Å². The van der Waals surface area contributed by atoms with E-state index in [4.69, 9.17) is 5.21 Å². The zero-order valence-corrected chi connectivity index (χ0v) is 15.4. The Morgan fingerprint density at radius 3 is 2.41 bits per heavy atom. The summed E-state index contributed by atoms with van der Waals surface area (Å²) in [5.74, 6) is 1.10. The average Bonchev–Trinajstić information content (AvgIpc) is 3.04. The van der Waals surface area contributed by atoms with Crippen molar-refractivity contribution in [3.63, 3.8) is 0 Å². The molecule has 0 unspecified atom stereocenters. The van der Waals surface area contributed by atoms with Gasteiger partial charge in [0.1, 0.15) is 11.6 Å². The number of likely N-dealkylation sites (tertiary alicyclic amines) is 1. The lowest BCUT2D eigenvalue weighted by atomic mass is 10.0. The Morgan fingerprint density at radius 2 is 1.78 bits per heavy atom. The molecule has 27 heavy (non-hydrogen) atoms. The third kappa shape index (κ3) is 4.06. The fourth-order valence-electron chi connectivity index (χ4n) is 3.54. The number of aryl methyl sites for hydroxylation is 2. The minimum absolute atomic E-state index is 0.0599. The van der Waals surface area contributed by atoms with Crippen LogP contribution in [0.4, 0.5) is 0 Å². The number of hydrogen-bond donors (Lipinski definition) is 2. The molecule has 3 rings (SSSR count). The lowest BCUT2D eigenvalue weighted by molar-refractivity contribution is -0.124. The van der Waals surface area contributed by atoms with Gasteiger partial charge in [-0.15, -0.1) is 10.2 Å². The van der Waals surface area contributed by atoms with E-state index in [1.807, 2.05) is 18.7 Å². The van der Waals surface area contributed by atoms with Gasteiger partial charge in [-0.1, -0.05) is 18.2 Å². The van der Waals surface area contributed by atoms with Gasteiger partial charge in [0.05, 0.1) is 0 Å². The highest BCUT2D eigenvalue weighted by atomic mass is 16.5. The van der Waals surface area contributed by atoms with Crippen molar-refractivity contribution in [2.75, 3.05) is 13.1 Å². The van der Waals surface area contributed by atoms with Gasteiger partial charge in [0.25, 0.3) is 11.8 Å². The highest BCUT2D eigenvalue weighted by Crippen LogP contribution is 2.26. The molecule has 2 N–H and O–H groups in total. The third-order valence-corrected chi connectivity index (χ3v) is 4.87. The van der Waals surface area contributed by atoms with Crippen molar-refractivity contribution in [1.29, 1.82) is 0 Å². The number of carbonyl (C=O) groups is 2. The maximum atomic E-state index is 13.0. The van der Waals surface area contributed by atoms with Crippen molar-refractivity contribution in [2.24, 2.45) is 0 Å². The minimum Gasteiger partial charge on any atom is -0.338 e. The molecule has 2 heterocycles. The molecule has 0 spiro atoms. The van der Waals surface area contributed by atoms with Crippen LogP contribution in [-0.2, 0) is 4.79 Å². The number of benzene rings is 1. The molecule has 142 valence electrons. The Kier molecular flexibility index (Phi) is 5.66. The summed E-state index contributed by atoms with van der Waals surface area (Å²) < 4.78 is 2.14. The maximum absolute atomic E-state index is 13.0. The molecule has 1 fully saturated rings. The number of carbonyl (C=O) groups excluding carboxylic acids is 2. The number of rotatable bonds is 4. The van der Waals surface area contributed by atoms with E-state index in [0.29, 0.717) is 30.3 Å². The zero-order valence-electron chi connectivity index (χ0n) is 15.4. The number of hydrogen-bond acceptors (Lipinski definition) is 5. The Labute approximate surface area is 157 Å². The molecule has 0 atom stereocenters. The molecule has 0 bridgehead atoms. The van der Waals surface area contributed by atoms with Crippen molar-refractivity contribution >= 4 is 17.9 Å². The average molecular weight is 369 g/mol. The van der Waals surface area contributed by atoms with E-state index in [1.165, 1.54) is 12.2 Å². The van der Waals surface area contributed by atoms with E-state index in [-0.39, 0.29) is 5.91 Å². The largest absolute Gasteiger partial charge is 0.338 e. The molecule has 2 amide bonds. The highest BCUT2D eigenvalue weighted by Gasteiger charge is 2.27. The molecule has 0 radical (unpaired) electrons. The SMILES string of the molecule is Cc1nnc(C)n1C1CCN(C(=O)c2ccccc2/C=C/C(=O)NO)CC1. The summed E-state index contributed by atoms with van der Waals surface area (Å²) in [5.41, 5.74) is 2.72. The van der Waals surface area contributed by atoms with Crippen LogP contribution in [0.2, 0.25) is 0 Å². The van der Waals surface area contributed by atoms with Gasteiger partial charge in [0.15, 0.2) is 0 Å². The van der Waals surface area contributed by atoms with Crippen molar-refractivity contribution in [2.45, 2.75) is 32.7 Å². The van der Waals surface area contributed by atoms with Crippen LogP contribution in [0.25, 0.3) is 6.08 Å². The summed E-state index contributed by atoms with van der Waals surface area (Å²) in [5, 5.41) is 16.8. The van der Waals surface area contributed by atoms with Gasteiger partial charge in [-0.3, -0.25) is 14.8 Å². The van der Waals surface area contributed by atoms with Gasteiger partial charge in [-0.2, -0.15) is 0 Å². The summed E-state index contributed by atoms with van der Waals surface area (Å²) in [6, 6.07) is 7.42. The quantitative estimate of drug-likeness (QED) is 0.487. The van der Waals surface area contributed by atoms with Crippen LogP contribution in [0.3, 0.4) is 0 Å². The molecule has 1 saturated heterocycles. The Bertz CT molecular complexity index is 846.